The van der Waals surface area contributed by atoms with Crippen LogP contribution >= 0.6 is 0 Å². The highest BCUT2D eigenvalue weighted by atomic mass is 16.5. The Morgan fingerprint density at radius 3 is 2.41 bits per heavy atom. The van der Waals surface area contributed by atoms with Crippen LogP contribution in [0.2, 0.25) is 0 Å². The van der Waals surface area contributed by atoms with Crippen LogP contribution in [0.3, 0.4) is 0 Å². The summed E-state index contributed by atoms with van der Waals surface area (Å²) in [4.78, 5) is 72.3. The van der Waals surface area contributed by atoms with E-state index in [0.29, 0.717) is 75.3 Å². The number of nitrogens with two attached hydrogens (primary N) is 1. The van der Waals surface area contributed by atoms with Crippen molar-refractivity contribution in [3.05, 3.63) is 59.7 Å². The minimum absolute atomic E-state index is 0.102. The summed E-state index contributed by atoms with van der Waals surface area (Å²) in [5, 5.41) is 2.32. The van der Waals surface area contributed by atoms with E-state index in [9.17, 15) is 24.0 Å². The molecule has 4 saturated heterocycles. The summed E-state index contributed by atoms with van der Waals surface area (Å²) < 4.78 is 17.8. The van der Waals surface area contributed by atoms with E-state index in [-0.39, 0.29) is 48.8 Å². The van der Waals surface area contributed by atoms with Crippen LogP contribution < -0.4 is 20.7 Å². The van der Waals surface area contributed by atoms with E-state index in [4.69, 9.17) is 19.9 Å². The van der Waals surface area contributed by atoms with Gasteiger partial charge in [-0.25, -0.2) is 4.79 Å². The molecule has 54 heavy (non-hydrogen) atoms. The maximum atomic E-state index is 14.1. The molecular formula is C40H54N6O8. The number of likely N-dealkylation sites (tertiary alicyclic amines) is 2. The Balaban J connectivity index is 1.03. The van der Waals surface area contributed by atoms with Crippen LogP contribution in [-0.4, -0.2) is 122 Å². The van der Waals surface area contributed by atoms with E-state index in [1.165, 1.54) is 12.0 Å². The second-order valence-electron chi connectivity index (χ2n) is 15.8. The first-order chi connectivity index (χ1) is 25.8. The van der Waals surface area contributed by atoms with Crippen molar-refractivity contribution in [3.8, 4) is 5.75 Å². The molecule has 0 unspecified atom stereocenters. The highest BCUT2D eigenvalue weighted by Gasteiger charge is 2.45. The smallest absolute Gasteiger partial charge is 0.328 e. The lowest BCUT2D eigenvalue weighted by molar-refractivity contribution is -0.150. The monoisotopic (exact) mass is 746 g/mol. The van der Waals surface area contributed by atoms with Gasteiger partial charge in [-0.05, 0) is 54.4 Å². The number of nitrogens with zero attached hydrogens (tertiary/aromatic N) is 4. The number of methoxy groups -OCH3 is 1. The number of hydrogen-bond acceptors (Lipinski definition) is 9. The normalized spacial score (nSPS) is 23.3. The number of urea groups is 1. The zero-order valence-corrected chi connectivity index (χ0v) is 31.8. The van der Waals surface area contributed by atoms with Gasteiger partial charge >= 0.3 is 6.03 Å². The molecule has 2 aromatic carbocycles. The molecule has 4 atom stereocenters. The molecule has 14 nitrogen and oxygen atoms in total. The number of ether oxygens (including phenoxy) is 3. The number of amides is 6. The number of carbonyl (C=O) groups is 5. The predicted molar refractivity (Wildman–Crippen MR) is 201 cm³/mol. The molecular weight excluding hydrogens is 692 g/mol. The van der Waals surface area contributed by atoms with Crippen molar-refractivity contribution in [2.45, 2.75) is 77.2 Å². The molecule has 0 radical (unpaired) electrons. The van der Waals surface area contributed by atoms with Crippen LogP contribution in [-0.2, 0) is 23.9 Å². The fourth-order valence-corrected chi connectivity index (χ4v) is 7.71. The van der Waals surface area contributed by atoms with E-state index in [1.807, 2.05) is 60.9 Å². The Hall–Kier alpha value is -4.53. The first kappa shape index (κ1) is 39.2. The number of anilines is 1. The van der Waals surface area contributed by atoms with Gasteiger partial charge < -0.3 is 34.6 Å². The van der Waals surface area contributed by atoms with Crippen molar-refractivity contribution in [1.29, 1.82) is 0 Å². The van der Waals surface area contributed by atoms with E-state index >= 15 is 0 Å². The number of morpholine rings is 1. The second-order valence-corrected chi connectivity index (χ2v) is 15.8. The highest BCUT2D eigenvalue weighted by molar-refractivity contribution is 6.07. The largest absolute Gasteiger partial charge is 0.495 e. The summed E-state index contributed by atoms with van der Waals surface area (Å²) >= 11 is 0. The Labute approximate surface area is 317 Å². The summed E-state index contributed by atoms with van der Waals surface area (Å²) in [5.74, 6) is -0.0146. The van der Waals surface area contributed by atoms with Gasteiger partial charge in [0.2, 0.25) is 17.7 Å². The lowest BCUT2D eigenvalue weighted by Crippen LogP contribution is -2.56. The molecule has 0 saturated carbocycles. The van der Waals surface area contributed by atoms with E-state index in [0.717, 1.165) is 24.8 Å². The summed E-state index contributed by atoms with van der Waals surface area (Å²) in [7, 11) is 1.50. The number of benzene rings is 2. The molecule has 2 aromatic rings. The standard InChI is InChI=1S/C40H54N6O8/c1-40(2,3)35(41)38(50)46-24-29(23-31(46)37(49)44-19-21-54-33(25-44)27-8-6-5-7-9-27)53-20-15-26-12-16-43(17-13-26)36(48)28-10-11-32(52-4)30(22-28)45-18-14-34(47)42-39(45)51/h5-11,22,26,29,31,33,35H,12-21,23-25,41H2,1-4H3,(H,42,47,51)/t29-,31-,33-,35+/m0/s1. The molecule has 6 amide bonds. The fourth-order valence-electron chi connectivity index (χ4n) is 7.71. The Morgan fingerprint density at radius 1 is 0.981 bits per heavy atom. The van der Waals surface area contributed by atoms with Crippen molar-refractivity contribution < 1.29 is 38.2 Å². The lowest BCUT2D eigenvalue weighted by atomic mass is 9.86. The molecule has 0 aliphatic carbocycles. The quantitative estimate of drug-likeness (QED) is 0.371. The molecule has 4 aliphatic rings. The van der Waals surface area contributed by atoms with Gasteiger partial charge in [-0.1, -0.05) is 51.1 Å². The molecule has 4 heterocycles. The number of hydrogen-bond donors (Lipinski definition) is 2. The lowest BCUT2D eigenvalue weighted by Gasteiger charge is -2.37. The minimum Gasteiger partial charge on any atom is -0.495 e. The van der Waals surface area contributed by atoms with Gasteiger partial charge in [0.05, 0.1) is 38.1 Å². The molecule has 292 valence electrons. The first-order valence-electron chi connectivity index (χ1n) is 19.1. The Bertz CT molecular complexity index is 1690. The molecule has 3 N–H and O–H groups in total. The maximum Gasteiger partial charge on any atom is 0.328 e. The highest BCUT2D eigenvalue weighted by Crippen LogP contribution is 2.33. The van der Waals surface area contributed by atoms with Crippen LogP contribution in [0, 0.1) is 11.3 Å². The predicted octanol–water partition coefficient (Wildman–Crippen LogP) is 3.34. The van der Waals surface area contributed by atoms with Crippen molar-refractivity contribution in [2.75, 3.05) is 64.5 Å². The topological polar surface area (TPSA) is 164 Å². The van der Waals surface area contributed by atoms with Gasteiger partial charge in [0.1, 0.15) is 17.9 Å². The average Bonchev–Trinajstić information content (AvgIpc) is 3.61. The summed E-state index contributed by atoms with van der Waals surface area (Å²) in [6.07, 6.45) is 2.45. The molecule has 4 aliphatic heterocycles. The van der Waals surface area contributed by atoms with Crippen molar-refractivity contribution >= 4 is 35.3 Å². The van der Waals surface area contributed by atoms with Crippen LogP contribution in [0.25, 0.3) is 0 Å². The molecule has 0 spiro atoms. The van der Waals surface area contributed by atoms with Crippen LogP contribution in [0.5, 0.6) is 5.75 Å². The zero-order valence-electron chi connectivity index (χ0n) is 31.8. The van der Waals surface area contributed by atoms with Gasteiger partial charge in [0.15, 0.2) is 0 Å². The molecule has 6 rings (SSSR count). The molecule has 14 heteroatoms. The van der Waals surface area contributed by atoms with Crippen LogP contribution in [0.4, 0.5) is 10.5 Å². The van der Waals surface area contributed by atoms with Crippen LogP contribution in [0.1, 0.15) is 74.9 Å². The molecule has 4 fully saturated rings. The van der Waals surface area contributed by atoms with Gasteiger partial charge in [-0.2, -0.15) is 0 Å². The first-order valence-corrected chi connectivity index (χ1v) is 19.1. The zero-order chi connectivity index (χ0) is 38.6. The third kappa shape index (κ3) is 8.88. The van der Waals surface area contributed by atoms with E-state index in [2.05, 4.69) is 5.32 Å². The van der Waals surface area contributed by atoms with Crippen molar-refractivity contribution in [1.82, 2.24) is 20.0 Å². The Morgan fingerprint density at radius 2 is 1.72 bits per heavy atom. The number of imide groups is 1. The summed E-state index contributed by atoms with van der Waals surface area (Å²) in [6, 6.07) is 12.9. The number of nitrogens with one attached hydrogen (secondary N) is 1. The Kier molecular flexibility index (Phi) is 12.2. The maximum absolute atomic E-state index is 14.1. The van der Waals surface area contributed by atoms with E-state index < -0.39 is 23.5 Å². The number of carbonyl (C=O) groups excluding carboxylic acids is 5. The second kappa shape index (κ2) is 16.9. The van der Waals surface area contributed by atoms with E-state index in [1.54, 1.807) is 23.1 Å². The number of rotatable bonds is 10. The molecule has 0 aromatic heterocycles. The summed E-state index contributed by atoms with van der Waals surface area (Å²) in [6.45, 7) is 9.21. The third-order valence-corrected chi connectivity index (χ3v) is 11.1. The summed E-state index contributed by atoms with van der Waals surface area (Å²) in [5.41, 5.74) is 7.88. The fraction of sp³-hybridized carbons (Fsp3) is 0.575. The minimum atomic E-state index is -0.763. The number of piperidine rings is 1. The third-order valence-electron chi connectivity index (χ3n) is 11.1. The molecule has 0 bridgehead atoms. The van der Waals surface area contributed by atoms with Crippen molar-refractivity contribution in [2.24, 2.45) is 17.1 Å². The SMILES string of the molecule is COc1ccc(C(=O)N2CCC(CCO[C@H]3C[C@@H](C(=O)N4CCO[C@H](c5ccccc5)C4)N(C(=O)[C@@H](N)C(C)(C)C)C3)CC2)cc1N1CCC(=O)NC1=O. The van der Waals surface area contributed by atoms with Gasteiger partial charge in [0, 0.05) is 57.7 Å². The van der Waals surface area contributed by atoms with Crippen molar-refractivity contribution in [3.63, 3.8) is 0 Å². The van der Waals surface area contributed by atoms with Gasteiger partial charge in [-0.15, -0.1) is 0 Å². The van der Waals surface area contributed by atoms with Gasteiger partial charge in [-0.3, -0.25) is 29.4 Å². The van der Waals surface area contributed by atoms with Gasteiger partial charge in [0.25, 0.3) is 5.91 Å². The van der Waals surface area contributed by atoms with Crippen LogP contribution in [0.15, 0.2) is 48.5 Å². The average molecular weight is 747 g/mol.